The van der Waals surface area contributed by atoms with E-state index in [1.54, 1.807) is 13.2 Å². The van der Waals surface area contributed by atoms with Crippen LogP contribution in [0.2, 0.25) is 0 Å². The smallest absolute Gasteiger partial charge is 0.0905 e. The van der Waals surface area contributed by atoms with E-state index in [9.17, 15) is 0 Å². The van der Waals surface area contributed by atoms with Crippen LogP contribution in [-0.2, 0) is 4.74 Å². The average Bonchev–Trinajstić information content (AvgIpc) is 2.36. The summed E-state index contributed by atoms with van der Waals surface area (Å²) < 4.78 is 4.87. The molecule has 0 unspecified atom stereocenters. The lowest BCUT2D eigenvalue weighted by Gasteiger charge is -2.12. The summed E-state index contributed by atoms with van der Waals surface area (Å²) in [5, 5.41) is 15.7. The molecule has 0 amide bonds. The van der Waals surface area contributed by atoms with Gasteiger partial charge in [0.15, 0.2) is 0 Å². The van der Waals surface area contributed by atoms with Gasteiger partial charge in [-0.05, 0) is 7.05 Å². The van der Waals surface area contributed by atoms with Gasteiger partial charge in [-0.15, -0.1) is 0 Å². The van der Waals surface area contributed by atoms with Crippen LogP contribution >= 0.6 is 0 Å². The monoisotopic (exact) mass is 225 g/mol. The molecule has 0 heterocycles. The minimum Gasteiger partial charge on any atom is -0.383 e. The number of rotatable bonds is 5. The van der Waals surface area contributed by atoms with E-state index in [1.165, 1.54) is 6.08 Å². The van der Waals surface area contributed by atoms with Crippen LogP contribution in [0, 0.1) is 22.7 Å². The van der Waals surface area contributed by atoms with Crippen molar-refractivity contribution in [3.8, 4) is 12.1 Å². The van der Waals surface area contributed by atoms with Crippen LogP contribution in [0.3, 0.4) is 0 Å². The highest BCUT2D eigenvalue weighted by atomic mass is 16.5. The largest absolute Gasteiger partial charge is 0.383 e. The second kappa shape index (κ2) is 23.5. The van der Waals surface area contributed by atoms with Crippen molar-refractivity contribution in [3.63, 3.8) is 0 Å². The molecule has 0 N–H and O–H groups in total. The molecule has 0 aromatic rings. The third kappa shape index (κ3) is 29.3. The summed E-state index contributed by atoms with van der Waals surface area (Å²) in [7, 11) is 3.66. The standard InChI is InChI=1S/C7H14N2O.C3H3N.C2H6/c1-9(5-3-4-8)6-7-10-2;1-2-3-4;1-2/h3,5-7H2,1-2H3;2H,1H2;1-2H3. The molecule has 4 nitrogen and oxygen atoms in total. The molecule has 0 atom stereocenters. The number of methoxy groups -OCH3 is 1. The van der Waals surface area contributed by atoms with E-state index in [4.69, 9.17) is 15.3 Å². The zero-order valence-electron chi connectivity index (χ0n) is 10.9. The Bertz CT molecular complexity index is 203. The quantitative estimate of drug-likeness (QED) is 0.673. The molecule has 0 saturated carbocycles. The van der Waals surface area contributed by atoms with Crippen molar-refractivity contribution in [2.75, 3.05) is 33.9 Å². The number of hydrogen-bond donors (Lipinski definition) is 0. The van der Waals surface area contributed by atoms with Crippen molar-refractivity contribution in [3.05, 3.63) is 12.7 Å². The SMILES string of the molecule is C=CC#N.CC.COCCN(C)CCC#N. The first-order valence-electron chi connectivity index (χ1n) is 5.27. The second-order valence-corrected chi connectivity index (χ2v) is 2.54. The van der Waals surface area contributed by atoms with E-state index in [0.717, 1.165) is 19.7 Å². The lowest BCUT2D eigenvalue weighted by molar-refractivity contribution is 0.162. The van der Waals surface area contributed by atoms with Gasteiger partial charge in [-0.2, -0.15) is 10.5 Å². The van der Waals surface area contributed by atoms with Gasteiger partial charge in [0.05, 0.1) is 18.7 Å². The number of nitrogens with zero attached hydrogens (tertiary/aromatic N) is 3. The maximum absolute atomic E-state index is 8.23. The molecule has 0 aliphatic rings. The fourth-order valence-corrected chi connectivity index (χ4v) is 0.600. The van der Waals surface area contributed by atoms with E-state index < -0.39 is 0 Å². The Kier molecular flexibility index (Phi) is 29.5. The molecular weight excluding hydrogens is 202 g/mol. The van der Waals surface area contributed by atoms with Gasteiger partial charge in [0, 0.05) is 32.7 Å². The molecule has 0 spiro atoms. The topological polar surface area (TPSA) is 60.0 Å². The van der Waals surface area contributed by atoms with Crippen LogP contribution < -0.4 is 0 Å². The Balaban J connectivity index is -0.000000237. The van der Waals surface area contributed by atoms with E-state index in [1.807, 2.05) is 20.9 Å². The molecule has 0 radical (unpaired) electrons. The molecule has 0 saturated heterocycles. The highest BCUT2D eigenvalue weighted by Gasteiger charge is 1.94. The number of allylic oxidation sites excluding steroid dienone is 1. The highest BCUT2D eigenvalue weighted by molar-refractivity contribution is 4.93. The maximum atomic E-state index is 8.23. The first kappa shape index (κ1) is 20.1. The summed E-state index contributed by atoms with van der Waals surface area (Å²) in [6.07, 6.45) is 1.78. The predicted octanol–water partition coefficient (Wildman–Crippen LogP) is 2.20. The molecule has 0 aromatic heterocycles. The van der Waals surface area contributed by atoms with Gasteiger partial charge in [0.2, 0.25) is 0 Å². The van der Waals surface area contributed by atoms with E-state index >= 15 is 0 Å². The fraction of sp³-hybridized carbons (Fsp3) is 0.667. The maximum Gasteiger partial charge on any atom is 0.0905 e. The minimum absolute atomic E-state index is 0.597. The van der Waals surface area contributed by atoms with E-state index in [0.29, 0.717) is 6.42 Å². The van der Waals surface area contributed by atoms with Crippen LogP contribution in [0.15, 0.2) is 12.7 Å². The van der Waals surface area contributed by atoms with Crippen LogP contribution in [0.25, 0.3) is 0 Å². The Morgan fingerprint density at radius 1 is 1.31 bits per heavy atom. The van der Waals surface area contributed by atoms with E-state index in [-0.39, 0.29) is 0 Å². The van der Waals surface area contributed by atoms with Crippen LogP contribution in [-0.4, -0.2) is 38.8 Å². The number of hydrogen-bond acceptors (Lipinski definition) is 4. The summed E-state index contributed by atoms with van der Waals surface area (Å²) in [5.41, 5.74) is 0. The molecule has 0 bridgehead atoms. The molecule has 4 heteroatoms. The lowest BCUT2D eigenvalue weighted by Crippen LogP contribution is -2.23. The normalized spacial score (nSPS) is 7.44. The Morgan fingerprint density at radius 2 is 1.81 bits per heavy atom. The summed E-state index contributed by atoms with van der Waals surface area (Å²) in [4.78, 5) is 2.08. The molecule has 0 rings (SSSR count). The van der Waals surface area contributed by atoms with Gasteiger partial charge < -0.3 is 9.64 Å². The molecule has 0 aliphatic heterocycles. The summed E-state index contributed by atoms with van der Waals surface area (Å²) >= 11 is 0. The lowest BCUT2D eigenvalue weighted by atomic mass is 10.4. The van der Waals surface area contributed by atoms with Crippen molar-refractivity contribution in [2.45, 2.75) is 20.3 Å². The first-order valence-corrected chi connectivity index (χ1v) is 5.27. The van der Waals surface area contributed by atoms with Crippen LogP contribution in [0.5, 0.6) is 0 Å². The zero-order valence-corrected chi connectivity index (χ0v) is 10.9. The number of likely N-dealkylation sites (N-methyl/N-ethyl adjacent to an activating group) is 1. The average molecular weight is 225 g/mol. The van der Waals surface area contributed by atoms with Gasteiger partial charge in [0.25, 0.3) is 0 Å². The third-order valence-electron chi connectivity index (χ3n) is 1.37. The van der Waals surface area contributed by atoms with Gasteiger partial charge in [-0.25, -0.2) is 0 Å². The third-order valence-corrected chi connectivity index (χ3v) is 1.37. The molecular formula is C12H23N3O. The Morgan fingerprint density at radius 3 is 2.12 bits per heavy atom. The molecule has 0 aliphatic carbocycles. The van der Waals surface area contributed by atoms with E-state index in [2.05, 4.69) is 17.5 Å². The molecule has 0 fully saturated rings. The summed E-state index contributed by atoms with van der Waals surface area (Å²) in [6.45, 7) is 9.59. The van der Waals surface area contributed by atoms with Crippen molar-refractivity contribution in [1.82, 2.24) is 4.90 Å². The van der Waals surface area contributed by atoms with Crippen molar-refractivity contribution in [1.29, 1.82) is 10.5 Å². The van der Waals surface area contributed by atoms with Gasteiger partial charge in [-0.3, -0.25) is 0 Å². The molecule has 0 aromatic carbocycles. The fourth-order valence-electron chi connectivity index (χ4n) is 0.600. The Labute approximate surface area is 99.7 Å². The number of ether oxygens (including phenoxy) is 1. The summed E-state index contributed by atoms with van der Waals surface area (Å²) in [6, 6.07) is 3.79. The van der Waals surface area contributed by atoms with Crippen LogP contribution in [0.1, 0.15) is 20.3 Å². The minimum atomic E-state index is 0.597. The van der Waals surface area contributed by atoms with Gasteiger partial charge in [-0.1, -0.05) is 20.4 Å². The van der Waals surface area contributed by atoms with Crippen molar-refractivity contribution in [2.24, 2.45) is 0 Å². The zero-order chi connectivity index (χ0) is 13.2. The van der Waals surface area contributed by atoms with Gasteiger partial charge in [0.1, 0.15) is 0 Å². The predicted molar refractivity (Wildman–Crippen MR) is 66.8 cm³/mol. The second-order valence-electron chi connectivity index (χ2n) is 2.54. The Hall–Kier alpha value is -1.36. The first-order chi connectivity index (χ1) is 7.72. The summed E-state index contributed by atoms with van der Waals surface area (Å²) in [5.74, 6) is 0. The van der Waals surface area contributed by atoms with Gasteiger partial charge >= 0.3 is 0 Å². The van der Waals surface area contributed by atoms with Crippen molar-refractivity contribution < 1.29 is 4.74 Å². The molecule has 16 heavy (non-hydrogen) atoms. The molecule has 92 valence electrons. The highest BCUT2D eigenvalue weighted by Crippen LogP contribution is 1.84. The van der Waals surface area contributed by atoms with Crippen molar-refractivity contribution >= 4 is 0 Å². The number of nitriles is 2. The van der Waals surface area contributed by atoms with Crippen LogP contribution in [0.4, 0.5) is 0 Å².